The molecule has 0 unspecified atom stereocenters. The van der Waals surface area contributed by atoms with Crippen molar-refractivity contribution in [3.8, 4) is 0 Å². The molecule has 0 aromatic carbocycles. The molecule has 0 heterocycles. The molecular weight excluding hydrogens is 84.1 g/mol. The number of hydrogen-bond acceptors (Lipinski definition) is 0. The zero-order chi connectivity index (χ0) is 4.41. The van der Waals surface area contributed by atoms with Crippen LogP contribution in [-0.2, 0) is 0 Å². The third-order valence-electron chi connectivity index (χ3n) is 1.64. The lowest BCUT2D eigenvalue weighted by Crippen LogP contribution is -1.78. The summed E-state index contributed by atoms with van der Waals surface area (Å²) in [5.41, 5.74) is 0. The summed E-state index contributed by atoms with van der Waals surface area (Å²) in [4.78, 5) is 0. The van der Waals surface area contributed by atoms with Gasteiger partial charge in [0, 0.05) is 0 Å². The van der Waals surface area contributed by atoms with Gasteiger partial charge in [-0.25, -0.2) is 0 Å². The molecule has 0 spiro atoms. The average Bonchev–Trinajstić information content (AvgIpc) is 1.86. The molecule has 1 rings (SSSR count). The Kier molecular flexibility index (Phi) is 3.06. The highest BCUT2D eigenvalue weighted by Crippen LogP contribution is 2.22. The fourth-order valence-electron chi connectivity index (χ4n) is 1.13. The Hall–Kier alpha value is 0. The standard InChI is InChI=1S/C6H12.CH4/c1-6-4-2-3-5-6;/h6H,2-5H2,1H3;1H4. The van der Waals surface area contributed by atoms with Crippen LogP contribution in [0.5, 0.6) is 0 Å². The second-order valence-electron chi connectivity index (χ2n) is 2.39. The molecule has 0 N–H and O–H groups in total. The van der Waals surface area contributed by atoms with E-state index in [1.807, 2.05) is 0 Å². The average molecular weight is 100 g/mol. The fraction of sp³-hybridized carbons (Fsp3) is 1.00. The summed E-state index contributed by atoms with van der Waals surface area (Å²) in [7, 11) is 0. The van der Waals surface area contributed by atoms with Crippen molar-refractivity contribution in [2.45, 2.75) is 40.0 Å². The van der Waals surface area contributed by atoms with Crippen LogP contribution in [0.25, 0.3) is 0 Å². The highest BCUT2D eigenvalue weighted by Gasteiger charge is 2.07. The van der Waals surface area contributed by atoms with Gasteiger partial charge in [-0.2, -0.15) is 0 Å². The van der Waals surface area contributed by atoms with E-state index in [2.05, 4.69) is 6.92 Å². The molecule has 0 heteroatoms. The zero-order valence-corrected chi connectivity index (χ0v) is 4.41. The molecule has 1 fully saturated rings. The predicted molar refractivity (Wildman–Crippen MR) is 34.4 cm³/mol. The van der Waals surface area contributed by atoms with Crippen molar-refractivity contribution in [1.82, 2.24) is 0 Å². The van der Waals surface area contributed by atoms with E-state index in [1.54, 1.807) is 0 Å². The van der Waals surface area contributed by atoms with Crippen molar-refractivity contribution in [2.75, 3.05) is 0 Å². The van der Waals surface area contributed by atoms with Gasteiger partial charge in [-0.05, 0) is 5.92 Å². The van der Waals surface area contributed by atoms with Crippen LogP contribution in [-0.4, -0.2) is 0 Å². The molecule has 0 nitrogen and oxygen atoms in total. The van der Waals surface area contributed by atoms with Crippen LogP contribution in [0.3, 0.4) is 0 Å². The lowest BCUT2D eigenvalue weighted by molar-refractivity contribution is 0.612. The summed E-state index contributed by atoms with van der Waals surface area (Å²) in [6, 6.07) is 0. The minimum Gasteiger partial charge on any atom is -0.0776 e. The van der Waals surface area contributed by atoms with E-state index in [-0.39, 0.29) is 7.43 Å². The van der Waals surface area contributed by atoms with Crippen LogP contribution in [0.1, 0.15) is 40.0 Å². The van der Waals surface area contributed by atoms with Crippen LogP contribution < -0.4 is 0 Å². The third-order valence-corrected chi connectivity index (χ3v) is 1.64. The van der Waals surface area contributed by atoms with Gasteiger partial charge < -0.3 is 0 Å². The van der Waals surface area contributed by atoms with Crippen molar-refractivity contribution in [3.63, 3.8) is 0 Å². The van der Waals surface area contributed by atoms with Crippen LogP contribution in [0.15, 0.2) is 0 Å². The molecule has 0 aliphatic heterocycles. The molecule has 0 aromatic rings. The number of rotatable bonds is 0. The van der Waals surface area contributed by atoms with Gasteiger partial charge in [0.15, 0.2) is 0 Å². The van der Waals surface area contributed by atoms with Gasteiger partial charge in [-0.3, -0.25) is 0 Å². The Morgan fingerprint density at radius 2 is 1.57 bits per heavy atom. The van der Waals surface area contributed by atoms with Crippen LogP contribution in [0.4, 0.5) is 0 Å². The molecule has 1 saturated carbocycles. The zero-order valence-electron chi connectivity index (χ0n) is 4.41. The van der Waals surface area contributed by atoms with E-state index >= 15 is 0 Å². The Balaban J connectivity index is 0.000000360. The molecule has 0 aromatic heterocycles. The van der Waals surface area contributed by atoms with Crippen LogP contribution >= 0.6 is 0 Å². The first-order valence-corrected chi connectivity index (χ1v) is 2.89. The molecule has 0 bridgehead atoms. The van der Waals surface area contributed by atoms with Gasteiger partial charge >= 0.3 is 0 Å². The maximum atomic E-state index is 2.34. The largest absolute Gasteiger partial charge is 0.0776 e. The molecule has 0 amide bonds. The molecule has 0 atom stereocenters. The Morgan fingerprint density at radius 3 is 1.71 bits per heavy atom. The molecule has 0 saturated heterocycles. The molecule has 1 aliphatic carbocycles. The van der Waals surface area contributed by atoms with E-state index in [0.717, 1.165) is 5.92 Å². The SMILES string of the molecule is C.CC1CCCC1. The highest BCUT2D eigenvalue weighted by atomic mass is 14.1. The smallest absolute Gasteiger partial charge is 0.0443 e. The van der Waals surface area contributed by atoms with E-state index in [9.17, 15) is 0 Å². The van der Waals surface area contributed by atoms with Crippen molar-refractivity contribution < 1.29 is 0 Å². The Labute approximate surface area is 46.9 Å². The summed E-state index contributed by atoms with van der Waals surface area (Å²) >= 11 is 0. The fourth-order valence-corrected chi connectivity index (χ4v) is 1.13. The Morgan fingerprint density at radius 1 is 1.14 bits per heavy atom. The van der Waals surface area contributed by atoms with E-state index in [1.165, 1.54) is 25.7 Å². The quantitative estimate of drug-likeness (QED) is 0.439. The van der Waals surface area contributed by atoms with E-state index in [0.29, 0.717) is 0 Å². The van der Waals surface area contributed by atoms with Crippen molar-refractivity contribution >= 4 is 0 Å². The van der Waals surface area contributed by atoms with Gasteiger partial charge in [0.2, 0.25) is 0 Å². The lowest BCUT2D eigenvalue weighted by atomic mass is 10.2. The molecule has 44 valence electrons. The molecule has 7 heavy (non-hydrogen) atoms. The maximum Gasteiger partial charge on any atom is -0.0443 e. The summed E-state index contributed by atoms with van der Waals surface area (Å²) < 4.78 is 0. The van der Waals surface area contributed by atoms with E-state index < -0.39 is 0 Å². The normalized spacial score (nSPS) is 21.9. The first-order valence-electron chi connectivity index (χ1n) is 2.89. The van der Waals surface area contributed by atoms with Gasteiger partial charge in [0.1, 0.15) is 0 Å². The van der Waals surface area contributed by atoms with Gasteiger partial charge in [0.05, 0.1) is 0 Å². The first-order chi connectivity index (χ1) is 2.89. The maximum absolute atomic E-state index is 2.34. The minimum atomic E-state index is 0. The van der Waals surface area contributed by atoms with Crippen molar-refractivity contribution in [1.29, 1.82) is 0 Å². The van der Waals surface area contributed by atoms with Crippen LogP contribution in [0.2, 0.25) is 0 Å². The summed E-state index contributed by atoms with van der Waals surface area (Å²) in [6.07, 6.45) is 5.95. The summed E-state index contributed by atoms with van der Waals surface area (Å²) in [6.45, 7) is 2.34. The molecular formula is C7H16. The minimum absolute atomic E-state index is 0. The van der Waals surface area contributed by atoms with Gasteiger partial charge in [-0.15, -0.1) is 0 Å². The second-order valence-corrected chi connectivity index (χ2v) is 2.39. The third kappa shape index (κ3) is 1.96. The van der Waals surface area contributed by atoms with Crippen molar-refractivity contribution in [2.24, 2.45) is 5.92 Å². The topological polar surface area (TPSA) is 0 Å². The summed E-state index contributed by atoms with van der Waals surface area (Å²) in [5.74, 6) is 1.05. The monoisotopic (exact) mass is 100 g/mol. The first kappa shape index (κ1) is 7.00. The van der Waals surface area contributed by atoms with E-state index in [4.69, 9.17) is 0 Å². The van der Waals surface area contributed by atoms with Crippen LogP contribution in [0, 0.1) is 5.92 Å². The van der Waals surface area contributed by atoms with Crippen molar-refractivity contribution in [3.05, 3.63) is 0 Å². The molecule has 1 aliphatic rings. The predicted octanol–water partition coefficient (Wildman–Crippen LogP) is 2.83. The lowest BCUT2D eigenvalue weighted by Gasteiger charge is -1.91. The molecule has 0 radical (unpaired) electrons. The Bertz CT molecular complexity index is 33.3. The summed E-state index contributed by atoms with van der Waals surface area (Å²) in [5, 5.41) is 0. The van der Waals surface area contributed by atoms with Gasteiger partial charge in [0.25, 0.3) is 0 Å². The van der Waals surface area contributed by atoms with Gasteiger partial charge in [-0.1, -0.05) is 40.0 Å². The highest BCUT2D eigenvalue weighted by molar-refractivity contribution is 4.60. The number of hydrogen-bond donors (Lipinski definition) is 0. The second kappa shape index (κ2) is 3.06.